The van der Waals surface area contributed by atoms with Crippen molar-refractivity contribution in [1.82, 2.24) is 0 Å². The Bertz CT molecular complexity index is 640. The molecule has 0 fully saturated rings. The van der Waals surface area contributed by atoms with Crippen molar-refractivity contribution in [2.24, 2.45) is 5.73 Å². The highest BCUT2D eigenvalue weighted by atomic mass is 16.5. The van der Waals surface area contributed by atoms with Crippen molar-refractivity contribution in [3.63, 3.8) is 0 Å². The summed E-state index contributed by atoms with van der Waals surface area (Å²) in [5.41, 5.74) is 3.30. The number of nitrogens with zero attached hydrogens (tertiary/aromatic N) is 1. The molecule has 2 aliphatic rings. The number of primary amides is 1. The van der Waals surface area contributed by atoms with Gasteiger partial charge in [-0.15, -0.1) is 0 Å². The number of hydrogen-bond donors (Lipinski definition) is 2. The highest BCUT2D eigenvalue weighted by Gasteiger charge is 2.63. The maximum absolute atomic E-state index is 12.5. The number of rotatable bonds is 2. The minimum absolute atomic E-state index is 0.0758. The molecule has 3 rings (SSSR count). The third kappa shape index (κ3) is 1.21. The SMILES string of the molecule is CC1CN2C(=O)C(C(N)=O)(C(=O)O)c3cccc(c32)O1. The van der Waals surface area contributed by atoms with Crippen molar-refractivity contribution >= 4 is 23.5 Å². The van der Waals surface area contributed by atoms with E-state index in [-0.39, 0.29) is 18.2 Å². The third-order valence-electron chi connectivity index (χ3n) is 3.70. The van der Waals surface area contributed by atoms with E-state index in [1.807, 2.05) is 0 Å². The second-order valence-electron chi connectivity index (χ2n) is 4.92. The molecule has 0 radical (unpaired) electrons. The Labute approximate surface area is 113 Å². The second-order valence-corrected chi connectivity index (χ2v) is 4.92. The maximum atomic E-state index is 12.5. The number of carbonyl (C=O) groups excluding carboxylic acids is 2. The Kier molecular flexibility index (Phi) is 2.32. The largest absolute Gasteiger partial charge is 0.487 e. The number of benzene rings is 1. The first-order valence-corrected chi connectivity index (χ1v) is 6.06. The zero-order valence-electron chi connectivity index (χ0n) is 10.6. The van der Waals surface area contributed by atoms with Crippen LogP contribution in [0.5, 0.6) is 5.75 Å². The fourth-order valence-corrected chi connectivity index (χ4v) is 2.85. The van der Waals surface area contributed by atoms with Crippen molar-refractivity contribution in [3.05, 3.63) is 23.8 Å². The number of hydrogen-bond acceptors (Lipinski definition) is 4. The molecule has 104 valence electrons. The highest BCUT2D eigenvalue weighted by molar-refractivity contribution is 6.34. The van der Waals surface area contributed by atoms with Crippen LogP contribution in [0, 0.1) is 0 Å². The van der Waals surface area contributed by atoms with E-state index in [4.69, 9.17) is 10.5 Å². The summed E-state index contributed by atoms with van der Waals surface area (Å²) in [6.07, 6.45) is -0.292. The van der Waals surface area contributed by atoms with Crippen LogP contribution in [-0.2, 0) is 19.8 Å². The molecular weight excluding hydrogens is 264 g/mol. The first-order valence-electron chi connectivity index (χ1n) is 6.06. The quantitative estimate of drug-likeness (QED) is 0.715. The molecular formula is C13H12N2O5. The van der Waals surface area contributed by atoms with Crippen molar-refractivity contribution in [1.29, 1.82) is 0 Å². The second kappa shape index (κ2) is 3.72. The summed E-state index contributed by atoms with van der Waals surface area (Å²) >= 11 is 0. The zero-order chi connectivity index (χ0) is 14.7. The normalized spacial score (nSPS) is 26.9. The topological polar surface area (TPSA) is 110 Å². The number of anilines is 1. The van der Waals surface area contributed by atoms with Gasteiger partial charge >= 0.3 is 5.97 Å². The number of carboxylic acids is 1. The molecule has 2 amide bonds. The lowest BCUT2D eigenvalue weighted by Gasteiger charge is -2.30. The Morgan fingerprint density at radius 1 is 1.50 bits per heavy atom. The molecule has 2 aliphatic heterocycles. The fourth-order valence-electron chi connectivity index (χ4n) is 2.85. The zero-order valence-corrected chi connectivity index (χ0v) is 10.6. The molecule has 20 heavy (non-hydrogen) atoms. The van der Waals surface area contributed by atoms with Crippen LogP contribution >= 0.6 is 0 Å². The van der Waals surface area contributed by atoms with Crippen LogP contribution < -0.4 is 15.4 Å². The molecule has 1 aromatic carbocycles. The van der Waals surface area contributed by atoms with Gasteiger partial charge in [0.25, 0.3) is 11.3 Å². The van der Waals surface area contributed by atoms with Crippen molar-refractivity contribution < 1.29 is 24.2 Å². The average Bonchev–Trinajstić information content (AvgIpc) is 2.61. The van der Waals surface area contributed by atoms with Crippen LogP contribution in [0.1, 0.15) is 12.5 Å². The van der Waals surface area contributed by atoms with Gasteiger partial charge in [0.05, 0.1) is 12.2 Å². The van der Waals surface area contributed by atoms with Gasteiger partial charge in [-0.25, -0.2) is 0 Å². The molecule has 1 aromatic rings. The number of nitrogens with two attached hydrogens (primary N) is 1. The molecule has 2 unspecified atom stereocenters. The first kappa shape index (κ1) is 12.5. The van der Waals surface area contributed by atoms with E-state index in [0.717, 1.165) is 0 Å². The van der Waals surface area contributed by atoms with Crippen LogP contribution in [0.25, 0.3) is 0 Å². The van der Waals surface area contributed by atoms with Gasteiger partial charge in [-0.3, -0.25) is 14.4 Å². The van der Waals surface area contributed by atoms with Gasteiger partial charge in [-0.2, -0.15) is 0 Å². The van der Waals surface area contributed by atoms with E-state index in [0.29, 0.717) is 11.4 Å². The summed E-state index contributed by atoms with van der Waals surface area (Å²) in [4.78, 5) is 37.2. The van der Waals surface area contributed by atoms with E-state index in [2.05, 4.69) is 0 Å². The van der Waals surface area contributed by atoms with Crippen LogP contribution in [0.2, 0.25) is 0 Å². The van der Waals surface area contributed by atoms with Gasteiger partial charge in [0.15, 0.2) is 0 Å². The molecule has 0 bridgehead atoms. The van der Waals surface area contributed by atoms with Crippen LogP contribution in [0.4, 0.5) is 5.69 Å². The van der Waals surface area contributed by atoms with Gasteiger partial charge < -0.3 is 20.5 Å². The predicted octanol–water partition coefficient (Wildman–Crippen LogP) is -0.378. The third-order valence-corrected chi connectivity index (χ3v) is 3.70. The average molecular weight is 276 g/mol. The molecule has 0 spiro atoms. The van der Waals surface area contributed by atoms with E-state index in [9.17, 15) is 19.5 Å². The van der Waals surface area contributed by atoms with E-state index in [1.54, 1.807) is 19.1 Å². The Hall–Kier alpha value is -2.57. The summed E-state index contributed by atoms with van der Waals surface area (Å²) < 4.78 is 5.59. The Morgan fingerprint density at radius 2 is 2.20 bits per heavy atom. The fraction of sp³-hybridized carbons (Fsp3) is 0.308. The lowest BCUT2D eigenvalue weighted by atomic mass is 9.81. The van der Waals surface area contributed by atoms with Gasteiger partial charge in [0.1, 0.15) is 11.9 Å². The van der Waals surface area contributed by atoms with E-state index < -0.39 is 23.2 Å². The number of aliphatic carboxylic acids is 1. The van der Waals surface area contributed by atoms with Crippen molar-refractivity contribution in [3.8, 4) is 5.75 Å². The predicted molar refractivity (Wildman–Crippen MR) is 67.4 cm³/mol. The number of carboxylic acid groups (broad SMARTS) is 1. The summed E-state index contributed by atoms with van der Waals surface area (Å²) in [6, 6.07) is 4.60. The van der Waals surface area contributed by atoms with Gasteiger partial charge in [-0.1, -0.05) is 12.1 Å². The van der Waals surface area contributed by atoms with Crippen LogP contribution in [0.15, 0.2) is 18.2 Å². The van der Waals surface area contributed by atoms with Crippen LogP contribution in [0.3, 0.4) is 0 Å². The van der Waals surface area contributed by atoms with Gasteiger partial charge in [0.2, 0.25) is 5.91 Å². The first-order chi connectivity index (χ1) is 9.40. The molecule has 2 atom stereocenters. The lowest BCUT2D eigenvalue weighted by Crippen LogP contribution is -2.56. The Balaban J connectivity index is 2.35. The maximum Gasteiger partial charge on any atom is 0.333 e. The Morgan fingerprint density at radius 3 is 2.80 bits per heavy atom. The number of amides is 2. The van der Waals surface area contributed by atoms with E-state index in [1.165, 1.54) is 11.0 Å². The van der Waals surface area contributed by atoms with Crippen LogP contribution in [-0.4, -0.2) is 35.5 Å². The molecule has 2 heterocycles. The molecule has 3 N–H and O–H groups in total. The molecule has 0 saturated carbocycles. The molecule has 0 saturated heterocycles. The highest BCUT2D eigenvalue weighted by Crippen LogP contribution is 2.49. The van der Waals surface area contributed by atoms with Crippen molar-refractivity contribution in [2.45, 2.75) is 18.4 Å². The standard InChI is InChI=1S/C13H12N2O5/c1-6-5-15-9-7(3-2-4-8(9)20-6)13(10(14)16,11(15)17)12(18)19/h2-4,6H,5H2,1H3,(H2,14,16)(H,18,19). The summed E-state index contributed by atoms with van der Waals surface area (Å²) in [6.45, 7) is 1.94. The lowest BCUT2D eigenvalue weighted by molar-refractivity contribution is -0.152. The smallest absolute Gasteiger partial charge is 0.333 e. The van der Waals surface area contributed by atoms with Gasteiger partial charge in [-0.05, 0) is 13.0 Å². The summed E-state index contributed by atoms with van der Waals surface area (Å²) in [7, 11) is 0. The minimum Gasteiger partial charge on any atom is -0.487 e. The number of ether oxygens (including phenoxy) is 1. The minimum atomic E-state index is -2.36. The van der Waals surface area contributed by atoms with Crippen molar-refractivity contribution in [2.75, 3.05) is 11.4 Å². The molecule has 0 aliphatic carbocycles. The monoisotopic (exact) mass is 276 g/mol. The van der Waals surface area contributed by atoms with E-state index >= 15 is 0 Å². The molecule has 0 aromatic heterocycles. The van der Waals surface area contributed by atoms with Gasteiger partial charge in [0, 0.05) is 5.56 Å². The summed E-state index contributed by atoms with van der Waals surface area (Å²) in [5.74, 6) is -3.19. The molecule has 7 heteroatoms. The summed E-state index contributed by atoms with van der Waals surface area (Å²) in [5, 5.41) is 9.45. The molecule has 7 nitrogen and oxygen atoms in total. The number of para-hydroxylation sites is 1. The number of carbonyl (C=O) groups is 3.